The second kappa shape index (κ2) is 19.0. The first-order chi connectivity index (χ1) is 14.9. The molecule has 0 saturated carbocycles. The van der Waals surface area contributed by atoms with Gasteiger partial charge in [0.1, 0.15) is 5.75 Å². The molecular weight excluding hydrogens is 430 g/mol. The summed E-state index contributed by atoms with van der Waals surface area (Å²) in [6.07, 6.45) is 11.1. The number of Topliss-reactive ketones (excluding diaryl/α,β-unsaturated/α-hetero) is 1. The van der Waals surface area contributed by atoms with E-state index in [1.807, 2.05) is 0 Å². The SMILES string of the molecule is CC(=O)c1ccc(O)cc1.CCCC[N+](CCCC)(CCCC)CCCC.O=S(=O)(O)O. The monoisotopic (exact) mass is 476 g/mol. The van der Waals surface area contributed by atoms with Gasteiger partial charge in [0.05, 0.1) is 26.2 Å². The third kappa shape index (κ3) is 20.4. The highest BCUT2D eigenvalue weighted by Gasteiger charge is 2.24. The van der Waals surface area contributed by atoms with Gasteiger partial charge in [-0.1, -0.05) is 53.4 Å². The fourth-order valence-corrected chi connectivity index (χ4v) is 3.34. The summed E-state index contributed by atoms with van der Waals surface area (Å²) in [6, 6.07) is 6.18. The standard InChI is InChI=1S/C16H36N.C8H8O2.H2O4S/c1-5-9-13-17(14-10-6-2,15-11-7-3)16-12-8-4;1-6(9)7-2-4-8(10)5-3-7;1-5(2,3)4/h5-16H2,1-4H3;2-5,10H,1H3;(H2,1,2,3,4)/q+1;;. The summed E-state index contributed by atoms with van der Waals surface area (Å²) in [7, 11) is -4.67. The maximum atomic E-state index is 10.7. The molecule has 3 N–H and O–H groups in total. The van der Waals surface area contributed by atoms with Crippen LogP contribution < -0.4 is 0 Å². The molecule has 0 amide bonds. The molecule has 0 aromatic heterocycles. The lowest BCUT2D eigenvalue weighted by Gasteiger charge is -2.39. The van der Waals surface area contributed by atoms with E-state index in [9.17, 15) is 4.79 Å². The maximum Gasteiger partial charge on any atom is 0.394 e. The van der Waals surface area contributed by atoms with Crippen LogP contribution in [0.3, 0.4) is 0 Å². The van der Waals surface area contributed by atoms with E-state index in [4.69, 9.17) is 22.6 Å². The van der Waals surface area contributed by atoms with Gasteiger partial charge in [-0.2, -0.15) is 8.42 Å². The number of nitrogens with zero attached hydrogens (tertiary/aromatic N) is 1. The Kier molecular flexibility index (Phi) is 19.4. The van der Waals surface area contributed by atoms with Gasteiger partial charge in [-0.3, -0.25) is 13.9 Å². The molecule has 1 rings (SSSR count). The van der Waals surface area contributed by atoms with E-state index in [1.165, 1.54) is 101 Å². The first-order valence-corrected chi connectivity index (χ1v) is 13.2. The van der Waals surface area contributed by atoms with Crippen molar-refractivity contribution in [1.29, 1.82) is 0 Å². The molecule has 0 aliphatic rings. The summed E-state index contributed by atoms with van der Waals surface area (Å²) in [4.78, 5) is 10.7. The first-order valence-electron chi connectivity index (χ1n) is 11.8. The number of phenols is 1. The highest BCUT2D eigenvalue weighted by atomic mass is 32.3. The maximum absolute atomic E-state index is 10.7. The topological polar surface area (TPSA) is 112 Å². The number of ketones is 1. The van der Waals surface area contributed by atoms with Crippen LogP contribution in [0.25, 0.3) is 0 Å². The zero-order valence-electron chi connectivity index (χ0n) is 20.7. The van der Waals surface area contributed by atoms with Gasteiger partial charge in [-0.25, -0.2) is 0 Å². The van der Waals surface area contributed by atoms with Crippen molar-refractivity contribution in [2.24, 2.45) is 0 Å². The minimum atomic E-state index is -4.67. The van der Waals surface area contributed by atoms with Crippen molar-refractivity contribution in [3.63, 3.8) is 0 Å². The summed E-state index contributed by atoms with van der Waals surface area (Å²) in [5.41, 5.74) is 0.623. The van der Waals surface area contributed by atoms with E-state index in [1.54, 1.807) is 12.1 Å². The van der Waals surface area contributed by atoms with Crippen LogP contribution in [0.2, 0.25) is 0 Å². The second-order valence-electron chi connectivity index (χ2n) is 8.20. The van der Waals surface area contributed by atoms with Crippen LogP contribution in [0.4, 0.5) is 0 Å². The molecule has 0 heterocycles. The second-order valence-corrected chi connectivity index (χ2v) is 9.10. The van der Waals surface area contributed by atoms with E-state index in [2.05, 4.69) is 27.7 Å². The molecule has 1 aromatic carbocycles. The third-order valence-electron chi connectivity index (χ3n) is 5.22. The van der Waals surface area contributed by atoms with Gasteiger partial charge in [-0.15, -0.1) is 0 Å². The zero-order chi connectivity index (χ0) is 25.0. The number of hydrogen-bond acceptors (Lipinski definition) is 4. The molecule has 0 saturated heterocycles. The van der Waals surface area contributed by atoms with Crippen LogP contribution in [0.5, 0.6) is 5.75 Å². The molecule has 0 atom stereocenters. The van der Waals surface area contributed by atoms with Gasteiger partial charge in [0.25, 0.3) is 0 Å². The van der Waals surface area contributed by atoms with Gasteiger partial charge < -0.3 is 9.59 Å². The van der Waals surface area contributed by atoms with E-state index in [-0.39, 0.29) is 11.5 Å². The lowest BCUT2D eigenvalue weighted by molar-refractivity contribution is -0.929. The van der Waals surface area contributed by atoms with Crippen molar-refractivity contribution in [3.05, 3.63) is 29.8 Å². The number of unbranched alkanes of at least 4 members (excludes halogenated alkanes) is 4. The Morgan fingerprint density at radius 2 is 1.03 bits per heavy atom. The fraction of sp³-hybridized carbons (Fsp3) is 0.708. The highest BCUT2D eigenvalue weighted by molar-refractivity contribution is 7.79. The molecular formula is C24H46NO6S+. The Morgan fingerprint density at radius 1 is 0.750 bits per heavy atom. The number of benzene rings is 1. The van der Waals surface area contributed by atoms with Gasteiger partial charge >= 0.3 is 10.4 Å². The molecule has 0 aliphatic carbocycles. The minimum Gasteiger partial charge on any atom is -0.508 e. The average molecular weight is 477 g/mol. The Hall–Kier alpha value is -1.48. The number of aromatic hydroxyl groups is 1. The van der Waals surface area contributed by atoms with Crippen LogP contribution in [-0.4, -0.2) is 59.1 Å². The lowest BCUT2D eigenvalue weighted by atomic mass is 10.1. The van der Waals surface area contributed by atoms with Crippen molar-refractivity contribution in [2.45, 2.75) is 86.0 Å². The van der Waals surface area contributed by atoms with Gasteiger partial charge in [-0.05, 0) is 56.9 Å². The number of quaternary nitrogens is 1. The summed E-state index contributed by atoms with van der Waals surface area (Å²) in [5, 5.41) is 8.83. The van der Waals surface area contributed by atoms with Crippen molar-refractivity contribution >= 4 is 16.2 Å². The normalized spacial score (nSPS) is 11.1. The summed E-state index contributed by atoms with van der Waals surface area (Å²) in [6.45, 7) is 16.5. The van der Waals surface area contributed by atoms with E-state index >= 15 is 0 Å². The molecule has 0 unspecified atom stereocenters. The van der Waals surface area contributed by atoms with Crippen LogP contribution in [0.1, 0.15) is 96.3 Å². The van der Waals surface area contributed by atoms with E-state index in [0.717, 1.165) is 0 Å². The van der Waals surface area contributed by atoms with E-state index in [0.29, 0.717) is 5.56 Å². The number of carbonyl (C=O) groups excluding carboxylic acids is 1. The molecule has 7 nitrogen and oxygen atoms in total. The molecule has 188 valence electrons. The first kappa shape index (κ1) is 32.7. The fourth-order valence-electron chi connectivity index (χ4n) is 3.34. The smallest absolute Gasteiger partial charge is 0.394 e. The largest absolute Gasteiger partial charge is 0.508 e. The molecule has 0 radical (unpaired) electrons. The lowest BCUT2D eigenvalue weighted by Crippen LogP contribution is -2.50. The molecule has 8 heteroatoms. The van der Waals surface area contributed by atoms with Crippen molar-refractivity contribution in [3.8, 4) is 5.75 Å². The molecule has 0 spiro atoms. The summed E-state index contributed by atoms with van der Waals surface area (Å²) < 4.78 is 33.0. The predicted molar refractivity (Wildman–Crippen MR) is 132 cm³/mol. The molecule has 32 heavy (non-hydrogen) atoms. The van der Waals surface area contributed by atoms with Crippen LogP contribution in [0.15, 0.2) is 24.3 Å². The average Bonchev–Trinajstić information content (AvgIpc) is 2.72. The Bertz CT molecular complexity index is 643. The molecule has 0 aliphatic heterocycles. The van der Waals surface area contributed by atoms with Gasteiger partial charge in [0, 0.05) is 5.56 Å². The predicted octanol–water partition coefficient (Wildman–Crippen LogP) is 5.95. The van der Waals surface area contributed by atoms with Crippen LogP contribution in [-0.2, 0) is 10.4 Å². The van der Waals surface area contributed by atoms with E-state index < -0.39 is 10.4 Å². The molecule has 0 fully saturated rings. The third-order valence-corrected chi connectivity index (χ3v) is 5.22. The van der Waals surface area contributed by atoms with Crippen LogP contribution in [0, 0.1) is 0 Å². The van der Waals surface area contributed by atoms with Gasteiger partial charge in [0.15, 0.2) is 5.78 Å². The Labute approximate surface area is 196 Å². The van der Waals surface area contributed by atoms with Crippen molar-refractivity contribution in [1.82, 2.24) is 0 Å². The van der Waals surface area contributed by atoms with Crippen molar-refractivity contribution < 1.29 is 31.9 Å². The highest BCUT2D eigenvalue weighted by Crippen LogP contribution is 2.16. The zero-order valence-corrected chi connectivity index (χ0v) is 21.5. The number of phenolic OH excluding ortho intramolecular Hbond substituents is 1. The summed E-state index contributed by atoms with van der Waals surface area (Å²) in [5.74, 6) is 0.199. The Balaban J connectivity index is 0. The minimum absolute atomic E-state index is 0.0139. The summed E-state index contributed by atoms with van der Waals surface area (Å²) >= 11 is 0. The molecule has 1 aromatic rings. The number of rotatable bonds is 13. The Morgan fingerprint density at radius 3 is 1.25 bits per heavy atom. The van der Waals surface area contributed by atoms with Crippen LogP contribution >= 0.6 is 0 Å². The molecule has 0 bridgehead atoms. The number of carbonyl (C=O) groups is 1. The number of hydrogen-bond donors (Lipinski definition) is 3. The quantitative estimate of drug-likeness (QED) is 0.184. The van der Waals surface area contributed by atoms with Gasteiger partial charge in [0.2, 0.25) is 0 Å². The van der Waals surface area contributed by atoms with Crippen molar-refractivity contribution in [2.75, 3.05) is 26.2 Å².